The van der Waals surface area contributed by atoms with Crippen molar-refractivity contribution in [2.75, 3.05) is 11.9 Å². The standard InChI is InChI=1S/C25H26N2O3/c1-18-13-15-21(16-14-18)30-19(2)25(29)27(3)23-12-8-7-11-22(23)24(28)26-17-20-9-5-4-6-10-20/h4-16,19H,17H2,1-3H3,(H,26,28). The third kappa shape index (κ3) is 5.26. The molecule has 0 saturated carbocycles. The minimum Gasteiger partial charge on any atom is -0.481 e. The van der Waals surface area contributed by atoms with E-state index >= 15 is 0 Å². The number of nitrogens with zero attached hydrogens (tertiary/aromatic N) is 1. The zero-order chi connectivity index (χ0) is 21.5. The first-order valence-corrected chi connectivity index (χ1v) is 9.88. The van der Waals surface area contributed by atoms with Gasteiger partial charge in [0, 0.05) is 13.6 Å². The van der Waals surface area contributed by atoms with Gasteiger partial charge in [-0.2, -0.15) is 0 Å². The number of hydrogen-bond acceptors (Lipinski definition) is 3. The van der Waals surface area contributed by atoms with Gasteiger partial charge in [0.1, 0.15) is 5.75 Å². The molecule has 0 radical (unpaired) electrons. The van der Waals surface area contributed by atoms with Crippen LogP contribution in [0.2, 0.25) is 0 Å². The Morgan fingerprint density at radius 3 is 2.27 bits per heavy atom. The van der Waals surface area contributed by atoms with Crippen LogP contribution < -0.4 is 15.0 Å². The second-order valence-corrected chi connectivity index (χ2v) is 7.16. The van der Waals surface area contributed by atoms with E-state index < -0.39 is 6.10 Å². The maximum absolute atomic E-state index is 12.9. The van der Waals surface area contributed by atoms with E-state index in [-0.39, 0.29) is 11.8 Å². The number of carbonyl (C=O) groups excluding carboxylic acids is 2. The molecular weight excluding hydrogens is 376 g/mol. The molecule has 30 heavy (non-hydrogen) atoms. The maximum atomic E-state index is 12.9. The number of amides is 2. The lowest BCUT2D eigenvalue weighted by Crippen LogP contribution is -2.39. The number of rotatable bonds is 7. The molecule has 5 nitrogen and oxygen atoms in total. The van der Waals surface area contributed by atoms with Crippen LogP contribution in [-0.4, -0.2) is 25.0 Å². The average molecular weight is 402 g/mol. The summed E-state index contributed by atoms with van der Waals surface area (Å²) in [5.74, 6) is 0.156. The monoisotopic (exact) mass is 402 g/mol. The SMILES string of the molecule is Cc1ccc(OC(C)C(=O)N(C)c2ccccc2C(=O)NCc2ccccc2)cc1. The fourth-order valence-corrected chi connectivity index (χ4v) is 3.09. The molecule has 0 aromatic heterocycles. The highest BCUT2D eigenvalue weighted by Crippen LogP contribution is 2.21. The Balaban J connectivity index is 1.70. The quantitative estimate of drug-likeness (QED) is 0.639. The number of likely N-dealkylation sites (N-methyl/N-ethyl adjacent to an activating group) is 1. The summed E-state index contributed by atoms with van der Waals surface area (Å²) in [6, 6.07) is 24.3. The number of aryl methyl sites for hydroxylation is 1. The van der Waals surface area contributed by atoms with Crippen LogP contribution in [0.25, 0.3) is 0 Å². The largest absolute Gasteiger partial charge is 0.481 e. The van der Waals surface area contributed by atoms with Gasteiger partial charge in [0.2, 0.25) is 0 Å². The maximum Gasteiger partial charge on any atom is 0.267 e. The lowest BCUT2D eigenvalue weighted by molar-refractivity contribution is -0.124. The van der Waals surface area contributed by atoms with Gasteiger partial charge in [0.05, 0.1) is 11.3 Å². The van der Waals surface area contributed by atoms with Crippen LogP contribution in [0.1, 0.15) is 28.4 Å². The van der Waals surface area contributed by atoms with E-state index in [4.69, 9.17) is 4.74 Å². The third-order valence-electron chi connectivity index (χ3n) is 4.82. The van der Waals surface area contributed by atoms with E-state index in [9.17, 15) is 9.59 Å². The van der Waals surface area contributed by atoms with Crippen LogP contribution in [0.15, 0.2) is 78.9 Å². The summed E-state index contributed by atoms with van der Waals surface area (Å²) in [5.41, 5.74) is 3.10. The second kappa shape index (κ2) is 9.74. The van der Waals surface area contributed by atoms with Gasteiger partial charge in [-0.05, 0) is 43.7 Å². The minimum atomic E-state index is -0.696. The highest BCUT2D eigenvalue weighted by molar-refractivity contribution is 6.05. The van der Waals surface area contributed by atoms with Crippen LogP contribution in [0.3, 0.4) is 0 Å². The Kier molecular flexibility index (Phi) is 6.86. The zero-order valence-electron chi connectivity index (χ0n) is 17.5. The molecule has 0 aliphatic rings. The predicted octanol–water partition coefficient (Wildman–Crippen LogP) is 4.36. The van der Waals surface area contributed by atoms with Crippen molar-refractivity contribution in [3.63, 3.8) is 0 Å². The number of ether oxygens (including phenoxy) is 1. The fraction of sp³-hybridized carbons (Fsp3) is 0.200. The van der Waals surface area contributed by atoms with E-state index in [1.165, 1.54) is 4.90 Å². The summed E-state index contributed by atoms with van der Waals surface area (Å²) in [4.78, 5) is 27.2. The van der Waals surface area contributed by atoms with Crippen LogP contribution in [0.4, 0.5) is 5.69 Å². The van der Waals surface area contributed by atoms with Crippen LogP contribution in [0, 0.1) is 6.92 Å². The molecule has 0 aliphatic carbocycles. The first kappa shape index (κ1) is 21.1. The van der Waals surface area contributed by atoms with Gasteiger partial charge in [0.15, 0.2) is 6.10 Å². The highest BCUT2D eigenvalue weighted by Gasteiger charge is 2.24. The van der Waals surface area contributed by atoms with Gasteiger partial charge in [-0.3, -0.25) is 9.59 Å². The molecule has 154 valence electrons. The lowest BCUT2D eigenvalue weighted by atomic mass is 10.1. The predicted molar refractivity (Wildman–Crippen MR) is 119 cm³/mol. The van der Waals surface area contributed by atoms with Crippen molar-refractivity contribution in [1.82, 2.24) is 5.32 Å². The average Bonchev–Trinajstić information content (AvgIpc) is 2.78. The molecule has 0 spiro atoms. The number of para-hydroxylation sites is 1. The van der Waals surface area contributed by atoms with E-state index in [1.807, 2.05) is 61.5 Å². The van der Waals surface area contributed by atoms with Crippen LogP contribution >= 0.6 is 0 Å². The molecule has 0 bridgehead atoms. The summed E-state index contributed by atoms with van der Waals surface area (Å²) in [6.07, 6.45) is -0.696. The highest BCUT2D eigenvalue weighted by atomic mass is 16.5. The first-order chi connectivity index (χ1) is 14.5. The zero-order valence-corrected chi connectivity index (χ0v) is 17.5. The lowest BCUT2D eigenvalue weighted by Gasteiger charge is -2.24. The Morgan fingerprint density at radius 1 is 0.933 bits per heavy atom. The smallest absolute Gasteiger partial charge is 0.267 e. The van der Waals surface area contributed by atoms with Gasteiger partial charge in [-0.1, -0.05) is 60.2 Å². The molecule has 0 aliphatic heterocycles. The van der Waals surface area contributed by atoms with E-state index in [2.05, 4.69) is 5.32 Å². The molecule has 0 saturated heterocycles. The fourth-order valence-electron chi connectivity index (χ4n) is 3.09. The molecule has 3 aromatic carbocycles. The topological polar surface area (TPSA) is 58.6 Å². The van der Waals surface area contributed by atoms with Gasteiger partial charge >= 0.3 is 0 Å². The molecular formula is C25H26N2O3. The molecule has 3 rings (SSSR count). The number of hydrogen-bond donors (Lipinski definition) is 1. The third-order valence-corrected chi connectivity index (χ3v) is 4.82. The number of nitrogens with one attached hydrogen (secondary N) is 1. The normalized spacial score (nSPS) is 11.4. The molecule has 2 amide bonds. The summed E-state index contributed by atoms with van der Waals surface area (Å²) in [7, 11) is 1.65. The van der Waals surface area contributed by atoms with E-state index in [0.717, 1.165) is 11.1 Å². The Labute approximate surface area is 177 Å². The summed E-state index contributed by atoms with van der Waals surface area (Å²) in [5, 5.41) is 2.92. The van der Waals surface area contributed by atoms with Crippen LogP contribution in [0.5, 0.6) is 5.75 Å². The molecule has 1 unspecified atom stereocenters. The van der Waals surface area contributed by atoms with Crippen molar-refractivity contribution >= 4 is 17.5 Å². The second-order valence-electron chi connectivity index (χ2n) is 7.16. The van der Waals surface area contributed by atoms with Gasteiger partial charge in [-0.15, -0.1) is 0 Å². The Bertz CT molecular complexity index is 1000. The van der Waals surface area contributed by atoms with Crippen molar-refractivity contribution in [2.24, 2.45) is 0 Å². The van der Waals surface area contributed by atoms with Crippen molar-refractivity contribution in [3.8, 4) is 5.75 Å². The molecule has 1 N–H and O–H groups in total. The van der Waals surface area contributed by atoms with Gasteiger partial charge < -0.3 is 15.0 Å². The summed E-state index contributed by atoms with van der Waals surface area (Å²) in [6.45, 7) is 4.11. The van der Waals surface area contributed by atoms with E-state index in [0.29, 0.717) is 23.5 Å². The molecule has 0 fully saturated rings. The van der Waals surface area contributed by atoms with E-state index in [1.54, 1.807) is 38.2 Å². The Morgan fingerprint density at radius 2 is 1.57 bits per heavy atom. The first-order valence-electron chi connectivity index (χ1n) is 9.88. The van der Waals surface area contributed by atoms with Crippen molar-refractivity contribution in [2.45, 2.75) is 26.5 Å². The van der Waals surface area contributed by atoms with Gasteiger partial charge in [-0.25, -0.2) is 0 Å². The summed E-state index contributed by atoms with van der Waals surface area (Å²) < 4.78 is 5.79. The molecule has 5 heteroatoms. The number of benzene rings is 3. The molecule has 0 heterocycles. The summed E-state index contributed by atoms with van der Waals surface area (Å²) >= 11 is 0. The van der Waals surface area contributed by atoms with Crippen molar-refractivity contribution in [3.05, 3.63) is 95.6 Å². The van der Waals surface area contributed by atoms with Crippen molar-refractivity contribution < 1.29 is 14.3 Å². The minimum absolute atomic E-state index is 0.235. The number of carbonyl (C=O) groups is 2. The van der Waals surface area contributed by atoms with Gasteiger partial charge in [0.25, 0.3) is 11.8 Å². The van der Waals surface area contributed by atoms with Crippen LogP contribution in [-0.2, 0) is 11.3 Å². The Hall–Kier alpha value is -3.60. The van der Waals surface area contributed by atoms with Crippen molar-refractivity contribution in [1.29, 1.82) is 0 Å². The molecule has 1 atom stereocenters. The number of anilines is 1. The molecule has 3 aromatic rings.